The fourth-order valence-electron chi connectivity index (χ4n) is 3.35. The van der Waals surface area contributed by atoms with Gasteiger partial charge in [-0.2, -0.15) is 0 Å². The number of ether oxygens (including phenoxy) is 3. The number of aromatic nitrogens is 1. The van der Waals surface area contributed by atoms with Gasteiger partial charge in [-0.1, -0.05) is 12.1 Å². The Kier molecular flexibility index (Phi) is 5.00. The van der Waals surface area contributed by atoms with Crippen LogP contribution in [-0.4, -0.2) is 35.2 Å². The molecule has 4 rings (SSSR count). The number of aromatic carboxylic acids is 1. The lowest BCUT2D eigenvalue weighted by molar-refractivity contribution is -0.385. The highest BCUT2D eigenvalue weighted by atomic mass is 16.6. The van der Waals surface area contributed by atoms with Crippen LogP contribution in [0.15, 0.2) is 54.7 Å². The van der Waals surface area contributed by atoms with Gasteiger partial charge in [0, 0.05) is 6.07 Å². The second kappa shape index (κ2) is 7.79. The summed E-state index contributed by atoms with van der Waals surface area (Å²) in [5, 5.41) is 22.5. The molecule has 0 bridgehead atoms. The van der Waals surface area contributed by atoms with Crippen LogP contribution >= 0.6 is 0 Å². The second-order valence-electron chi connectivity index (χ2n) is 6.55. The Balaban J connectivity index is 1.89. The first-order valence-corrected chi connectivity index (χ1v) is 9.06. The molecule has 0 aliphatic rings. The number of hydrogen-bond donors (Lipinski definition) is 1. The summed E-state index contributed by atoms with van der Waals surface area (Å²) in [6.45, 7) is 0. The number of nitrogens with zero attached hydrogens (tertiary/aromatic N) is 2. The van der Waals surface area contributed by atoms with E-state index in [1.165, 1.54) is 20.3 Å². The van der Waals surface area contributed by atoms with Crippen LogP contribution < -0.4 is 14.2 Å². The first kappa shape index (κ1) is 19.9. The molecule has 0 fully saturated rings. The summed E-state index contributed by atoms with van der Waals surface area (Å²) >= 11 is 0. The van der Waals surface area contributed by atoms with Gasteiger partial charge in [-0.15, -0.1) is 0 Å². The van der Waals surface area contributed by atoms with E-state index >= 15 is 0 Å². The van der Waals surface area contributed by atoms with Crippen molar-refractivity contribution in [2.45, 2.75) is 0 Å². The topological polar surface area (TPSA) is 121 Å². The number of nitro groups is 1. The molecule has 1 N–H and O–H groups in total. The highest BCUT2D eigenvalue weighted by Crippen LogP contribution is 2.42. The minimum absolute atomic E-state index is 0.00954. The van der Waals surface area contributed by atoms with Gasteiger partial charge in [0.15, 0.2) is 11.5 Å². The van der Waals surface area contributed by atoms with Crippen LogP contribution in [0.3, 0.4) is 0 Å². The molecule has 3 aromatic carbocycles. The van der Waals surface area contributed by atoms with E-state index in [9.17, 15) is 20.0 Å². The molecule has 1 aromatic heterocycles. The quantitative estimate of drug-likeness (QED) is 0.349. The summed E-state index contributed by atoms with van der Waals surface area (Å²) in [6.07, 6.45) is 1.12. The summed E-state index contributed by atoms with van der Waals surface area (Å²) in [5.41, 5.74) is 0.257. The number of carboxylic acid groups (broad SMARTS) is 1. The van der Waals surface area contributed by atoms with E-state index in [1.807, 2.05) is 0 Å². The van der Waals surface area contributed by atoms with Gasteiger partial charge in [0.25, 0.3) is 0 Å². The first-order valence-electron chi connectivity index (χ1n) is 9.06. The van der Waals surface area contributed by atoms with E-state index in [-0.39, 0.29) is 17.0 Å². The van der Waals surface area contributed by atoms with Crippen LogP contribution in [0.1, 0.15) is 10.4 Å². The Hall–Kier alpha value is -4.40. The van der Waals surface area contributed by atoms with E-state index in [1.54, 1.807) is 42.5 Å². The lowest BCUT2D eigenvalue weighted by Gasteiger charge is -2.13. The highest BCUT2D eigenvalue weighted by Gasteiger charge is 2.23. The number of rotatable bonds is 6. The highest BCUT2D eigenvalue weighted by molar-refractivity contribution is 6.04. The molecule has 0 aliphatic heterocycles. The van der Waals surface area contributed by atoms with Crippen molar-refractivity contribution in [1.29, 1.82) is 0 Å². The average Bonchev–Trinajstić information content (AvgIpc) is 2.77. The Morgan fingerprint density at radius 3 is 2.45 bits per heavy atom. The fraction of sp³-hybridized carbons (Fsp3) is 0.0909. The Morgan fingerprint density at radius 2 is 1.77 bits per heavy atom. The zero-order chi connectivity index (χ0) is 22.1. The maximum atomic E-state index is 11.6. The molecular formula is C22H16N2O7. The Bertz CT molecular complexity index is 1350. The molecule has 31 heavy (non-hydrogen) atoms. The summed E-state index contributed by atoms with van der Waals surface area (Å²) in [6, 6.07) is 12.8. The molecule has 0 radical (unpaired) electrons. The molecule has 1 heterocycles. The fourth-order valence-corrected chi connectivity index (χ4v) is 3.35. The zero-order valence-corrected chi connectivity index (χ0v) is 16.5. The minimum atomic E-state index is -1.05. The third-order valence-electron chi connectivity index (χ3n) is 4.80. The summed E-state index contributed by atoms with van der Waals surface area (Å²) in [7, 11) is 2.94. The van der Waals surface area contributed by atoms with Crippen LogP contribution in [0.4, 0.5) is 5.69 Å². The van der Waals surface area contributed by atoms with E-state index in [2.05, 4.69) is 4.98 Å². The third kappa shape index (κ3) is 3.52. The van der Waals surface area contributed by atoms with Crippen molar-refractivity contribution in [1.82, 2.24) is 4.98 Å². The van der Waals surface area contributed by atoms with Crippen LogP contribution in [0.5, 0.6) is 23.0 Å². The normalized spacial score (nSPS) is 10.8. The van der Waals surface area contributed by atoms with Gasteiger partial charge in [-0.3, -0.25) is 10.1 Å². The average molecular weight is 420 g/mol. The molecule has 0 saturated carbocycles. The van der Waals surface area contributed by atoms with Gasteiger partial charge in [0.1, 0.15) is 11.9 Å². The second-order valence-corrected chi connectivity index (χ2v) is 6.55. The van der Waals surface area contributed by atoms with Crippen molar-refractivity contribution >= 4 is 33.3 Å². The lowest BCUT2D eigenvalue weighted by Crippen LogP contribution is -1.99. The maximum absolute atomic E-state index is 11.6. The monoisotopic (exact) mass is 420 g/mol. The van der Waals surface area contributed by atoms with Crippen molar-refractivity contribution in [3.8, 4) is 23.0 Å². The number of pyridine rings is 1. The van der Waals surface area contributed by atoms with Gasteiger partial charge < -0.3 is 19.3 Å². The Morgan fingerprint density at radius 1 is 1.03 bits per heavy atom. The molecule has 9 nitrogen and oxygen atoms in total. The molecule has 0 unspecified atom stereocenters. The molecule has 156 valence electrons. The maximum Gasteiger partial charge on any atom is 0.336 e. The number of hydrogen-bond acceptors (Lipinski definition) is 7. The number of carboxylic acids is 1. The van der Waals surface area contributed by atoms with E-state index in [0.29, 0.717) is 38.9 Å². The smallest absolute Gasteiger partial charge is 0.336 e. The van der Waals surface area contributed by atoms with E-state index in [0.717, 1.165) is 6.20 Å². The van der Waals surface area contributed by atoms with Gasteiger partial charge in [0.2, 0.25) is 5.75 Å². The molecular weight excluding hydrogens is 404 g/mol. The van der Waals surface area contributed by atoms with Gasteiger partial charge in [0.05, 0.1) is 35.6 Å². The predicted molar refractivity (Wildman–Crippen MR) is 112 cm³/mol. The summed E-state index contributed by atoms with van der Waals surface area (Å²) in [5.74, 6) is 0.0437. The molecule has 0 amide bonds. The zero-order valence-electron chi connectivity index (χ0n) is 16.5. The summed E-state index contributed by atoms with van der Waals surface area (Å²) < 4.78 is 16.5. The van der Waals surface area contributed by atoms with Gasteiger partial charge in [-0.25, -0.2) is 9.78 Å². The first-order chi connectivity index (χ1) is 14.9. The van der Waals surface area contributed by atoms with Crippen LogP contribution in [0.25, 0.3) is 21.7 Å². The van der Waals surface area contributed by atoms with Crippen molar-refractivity contribution in [2.75, 3.05) is 14.2 Å². The largest absolute Gasteiger partial charge is 0.493 e. The minimum Gasteiger partial charge on any atom is -0.493 e. The third-order valence-corrected chi connectivity index (χ3v) is 4.80. The summed E-state index contributed by atoms with van der Waals surface area (Å²) in [4.78, 5) is 26.6. The van der Waals surface area contributed by atoms with Crippen molar-refractivity contribution < 1.29 is 29.0 Å². The van der Waals surface area contributed by atoms with Crippen LogP contribution in [-0.2, 0) is 0 Å². The predicted octanol–water partition coefficient (Wildman–Crippen LogP) is 4.80. The molecule has 4 aromatic rings. The van der Waals surface area contributed by atoms with Crippen molar-refractivity contribution in [2.24, 2.45) is 0 Å². The molecule has 0 atom stereocenters. The lowest BCUT2D eigenvalue weighted by atomic mass is 10.0. The van der Waals surface area contributed by atoms with Gasteiger partial charge >= 0.3 is 11.7 Å². The van der Waals surface area contributed by atoms with Crippen LogP contribution in [0, 0.1) is 10.1 Å². The SMILES string of the molecule is COc1cc2ncc([N+](=O)[O-])c(Oc3ccc4c(C(=O)O)cccc4c3)c2cc1OC. The van der Waals surface area contributed by atoms with E-state index in [4.69, 9.17) is 14.2 Å². The Labute approximate surface area is 175 Å². The number of fused-ring (bicyclic) bond motifs is 2. The van der Waals surface area contributed by atoms with Gasteiger partial charge in [-0.05, 0) is 41.1 Å². The molecule has 0 saturated heterocycles. The van der Waals surface area contributed by atoms with Crippen molar-refractivity contribution in [3.63, 3.8) is 0 Å². The molecule has 0 aliphatic carbocycles. The standard InChI is InChI=1S/C22H16N2O7/c1-29-19-9-16-17(10-20(19)30-2)23-11-18(24(27)28)21(16)31-13-6-7-14-12(8-13)4-3-5-15(14)22(25)26/h3-11H,1-2H3,(H,25,26). The van der Waals surface area contributed by atoms with E-state index < -0.39 is 10.9 Å². The number of carbonyl (C=O) groups is 1. The number of benzene rings is 3. The molecule has 0 spiro atoms. The van der Waals surface area contributed by atoms with Crippen molar-refractivity contribution in [3.05, 3.63) is 70.4 Å². The number of methoxy groups -OCH3 is 2. The molecule has 9 heteroatoms. The van der Waals surface area contributed by atoms with Crippen LogP contribution in [0.2, 0.25) is 0 Å².